The SMILES string of the molecule is CCCCCCCCCCCCCCCCCCCCCC=CC(=Nc1ccccc1CCC#CCCCCCCCCCCCCCCCCCCCCCCCC)C(CCCC)=Nc1ccccc1CCC#CCCCCCCCCCCCCCCCCCCCCCCCC. The van der Waals surface area contributed by atoms with Crippen molar-refractivity contribution in [2.45, 2.75) is 496 Å². The lowest BCUT2D eigenvalue weighted by Gasteiger charge is -2.12. The van der Waals surface area contributed by atoms with Crippen LogP contribution in [0.2, 0.25) is 0 Å². The van der Waals surface area contributed by atoms with Crippen molar-refractivity contribution in [3.63, 3.8) is 0 Å². The zero-order chi connectivity index (χ0) is 70.4. The van der Waals surface area contributed by atoms with E-state index in [1.54, 1.807) is 0 Å². The maximum atomic E-state index is 5.57. The quantitative estimate of drug-likeness (QED) is 0.0358. The van der Waals surface area contributed by atoms with E-state index in [1.165, 1.54) is 416 Å². The van der Waals surface area contributed by atoms with Crippen LogP contribution >= 0.6 is 0 Å². The van der Waals surface area contributed by atoms with Crippen LogP contribution in [0.3, 0.4) is 0 Å². The maximum Gasteiger partial charge on any atom is 0.0848 e. The van der Waals surface area contributed by atoms with Gasteiger partial charge in [0, 0.05) is 25.7 Å². The molecule has 99 heavy (non-hydrogen) atoms. The van der Waals surface area contributed by atoms with Gasteiger partial charge in [-0.15, -0.1) is 23.7 Å². The molecule has 0 N–H and O–H groups in total. The summed E-state index contributed by atoms with van der Waals surface area (Å²) in [5.41, 5.74) is 6.87. The molecule has 2 aromatic rings. The Morgan fingerprint density at radius 3 is 0.768 bits per heavy atom. The minimum Gasteiger partial charge on any atom is -0.251 e. The lowest BCUT2D eigenvalue weighted by Crippen LogP contribution is -2.12. The van der Waals surface area contributed by atoms with Gasteiger partial charge in [0.2, 0.25) is 0 Å². The van der Waals surface area contributed by atoms with Crippen LogP contribution in [-0.2, 0) is 12.8 Å². The third-order valence-corrected chi connectivity index (χ3v) is 21.4. The molecule has 0 spiro atoms. The van der Waals surface area contributed by atoms with Crippen LogP contribution in [0.25, 0.3) is 0 Å². The van der Waals surface area contributed by atoms with Gasteiger partial charge < -0.3 is 0 Å². The first-order valence-corrected chi connectivity index (χ1v) is 45.1. The Morgan fingerprint density at radius 2 is 0.485 bits per heavy atom. The van der Waals surface area contributed by atoms with Crippen LogP contribution in [-0.4, -0.2) is 11.4 Å². The summed E-state index contributed by atoms with van der Waals surface area (Å²) in [6.07, 6.45) is 104. The minimum atomic E-state index is 0.878. The van der Waals surface area contributed by atoms with Crippen molar-refractivity contribution in [2.75, 3.05) is 0 Å². The molecule has 566 valence electrons. The Kier molecular flexibility index (Phi) is 71.6. The maximum absolute atomic E-state index is 5.57. The van der Waals surface area contributed by atoms with E-state index in [0.717, 1.165) is 87.0 Å². The Bertz CT molecular complexity index is 2200. The molecule has 2 aromatic carbocycles. The second-order valence-electron chi connectivity index (χ2n) is 31.0. The lowest BCUT2D eigenvalue weighted by atomic mass is 10.0. The van der Waals surface area contributed by atoms with Crippen LogP contribution < -0.4 is 0 Å². The van der Waals surface area contributed by atoms with E-state index in [9.17, 15) is 0 Å². The van der Waals surface area contributed by atoms with Crippen LogP contribution in [0.5, 0.6) is 0 Å². The first kappa shape index (κ1) is 91.7. The number of para-hydroxylation sites is 2. The molecule has 0 bridgehead atoms. The van der Waals surface area contributed by atoms with Gasteiger partial charge in [0.1, 0.15) is 0 Å². The average Bonchev–Trinajstić information content (AvgIpc) is 0.972. The zero-order valence-electron chi connectivity index (χ0n) is 67.3. The van der Waals surface area contributed by atoms with Gasteiger partial charge in [-0.1, -0.05) is 462 Å². The largest absolute Gasteiger partial charge is 0.251 e. The molecule has 0 amide bonds. The van der Waals surface area contributed by atoms with Gasteiger partial charge in [0.05, 0.1) is 22.8 Å². The van der Waals surface area contributed by atoms with Crippen molar-refractivity contribution in [1.82, 2.24) is 0 Å². The monoisotopic (exact) mass is 1360 g/mol. The molecule has 0 saturated heterocycles. The number of hydrogen-bond acceptors (Lipinski definition) is 2. The van der Waals surface area contributed by atoms with Crippen molar-refractivity contribution in [1.29, 1.82) is 0 Å². The minimum absolute atomic E-state index is 0.878. The first-order valence-electron chi connectivity index (χ1n) is 45.1. The summed E-state index contributed by atoms with van der Waals surface area (Å²) in [5, 5.41) is 0. The molecule has 2 rings (SSSR count). The molecule has 0 radical (unpaired) electrons. The summed E-state index contributed by atoms with van der Waals surface area (Å²) in [6.45, 7) is 9.24. The molecule has 0 aliphatic rings. The molecule has 0 saturated carbocycles. The highest BCUT2D eigenvalue weighted by Gasteiger charge is 2.12. The Labute approximate surface area is 621 Å². The number of hydrogen-bond donors (Lipinski definition) is 0. The second-order valence-corrected chi connectivity index (χ2v) is 31.0. The third-order valence-electron chi connectivity index (χ3n) is 21.4. The molecule has 0 aliphatic heterocycles. The molecule has 0 atom stereocenters. The van der Waals surface area contributed by atoms with Crippen LogP contribution in [0.4, 0.5) is 11.4 Å². The topological polar surface area (TPSA) is 24.7 Å². The summed E-state index contributed by atoms with van der Waals surface area (Å²) in [6, 6.07) is 17.7. The van der Waals surface area contributed by atoms with Gasteiger partial charge in [-0.25, -0.2) is 4.99 Å². The first-order chi connectivity index (χ1) is 49.2. The van der Waals surface area contributed by atoms with Crippen molar-refractivity contribution in [3.8, 4) is 23.7 Å². The molecule has 0 fully saturated rings. The molecule has 0 heterocycles. The van der Waals surface area contributed by atoms with Crippen molar-refractivity contribution >= 4 is 22.8 Å². The van der Waals surface area contributed by atoms with E-state index in [4.69, 9.17) is 9.98 Å². The molecule has 0 aliphatic carbocycles. The summed E-state index contributed by atoms with van der Waals surface area (Å²) < 4.78 is 0. The molecule has 0 aromatic heterocycles. The van der Waals surface area contributed by atoms with Gasteiger partial charge in [-0.3, -0.25) is 4.99 Å². The molecule has 2 nitrogen and oxygen atoms in total. The number of aryl methyl sites for hydroxylation is 2. The summed E-state index contributed by atoms with van der Waals surface area (Å²) in [7, 11) is 0. The molecule has 0 unspecified atom stereocenters. The second kappa shape index (κ2) is 77.3. The van der Waals surface area contributed by atoms with Gasteiger partial charge in [-0.05, 0) is 80.7 Å². The van der Waals surface area contributed by atoms with E-state index in [-0.39, 0.29) is 0 Å². The van der Waals surface area contributed by atoms with E-state index in [2.05, 4.69) is 112 Å². The molecular weight excluding hydrogens is 1190 g/mol. The van der Waals surface area contributed by atoms with E-state index >= 15 is 0 Å². The highest BCUT2D eigenvalue weighted by molar-refractivity contribution is 6.47. The Morgan fingerprint density at radius 1 is 0.253 bits per heavy atom. The van der Waals surface area contributed by atoms with Crippen molar-refractivity contribution in [3.05, 3.63) is 71.8 Å². The normalized spacial score (nSPS) is 11.9. The van der Waals surface area contributed by atoms with Crippen LogP contribution in [0.15, 0.2) is 70.7 Å². The van der Waals surface area contributed by atoms with Crippen molar-refractivity contribution < 1.29 is 0 Å². The summed E-state index contributed by atoms with van der Waals surface area (Å²) in [4.78, 5) is 11.1. The van der Waals surface area contributed by atoms with Gasteiger partial charge in [0.25, 0.3) is 0 Å². The van der Waals surface area contributed by atoms with Crippen molar-refractivity contribution in [2.24, 2.45) is 9.98 Å². The van der Waals surface area contributed by atoms with Gasteiger partial charge in [-0.2, -0.15) is 0 Å². The van der Waals surface area contributed by atoms with Gasteiger partial charge >= 0.3 is 0 Å². The fourth-order valence-corrected chi connectivity index (χ4v) is 14.6. The number of benzene rings is 2. The number of nitrogens with zero attached hydrogens (tertiary/aromatic N) is 2. The fraction of sp³-hybridized carbons (Fsp3) is 0.794. The van der Waals surface area contributed by atoms with Gasteiger partial charge in [0.15, 0.2) is 0 Å². The zero-order valence-corrected chi connectivity index (χ0v) is 67.3. The average molecular weight is 1360 g/mol. The summed E-state index contributed by atoms with van der Waals surface area (Å²) >= 11 is 0. The Hall–Kier alpha value is -3.36. The number of aliphatic imine (C=N–C) groups is 2. The van der Waals surface area contributed by atoms with Crippen LogP contribution in [0.1, 0.15) is 495 Å². The molecular formula is C97H168N2. The van der Waals surface area contributed by atoms with E-state index < -0.39 is 0 Å². The lowest BCUT2D eigenvalue weighted by molar-refractivity contribution is 0.519. The van der Waals surface area contributed by atoms with E-state index in [0.29, 0.717) is 0 Å². The molecule has 2 heteroatoms. The highest BCUT2D eigenvalue weighted by atomic mass is 14.8. The third kappa shape index (κ3) is 62.9. The van der Waals surface area contributed by atoms with E-state index in [1.807, 2.05) is 0 Å². The number of unbranched alkanes of at least 4 members (excludes halogenated alkanes) is 64. The highest BCUT2D eigenvalue weighted by Crippen LogP contribution is 2.27. The van der Waals surface area contributed by atoms with Crippen LogP contribution in [0, 0.1) is 23.7 Å². The summed E-state index contributed by atoms with van der Waals surface area (Å²) in [5.74, 6) is 14.3. The smallest absolute Gasteiger partial charge is 0.0848 e. The standard InChI is InChI=1S/C97H168N2/c1-5-9-13-16-19-22-25-28-31-34-37-40-42-44-46-48-51-53-56-59-62-65-68-71-74-77-84-92-86-80-82-89-94(92)98-96(88-12-8-4)97(91-79-76-73-70-67-64-61-58-55-50-39-36-33-30-27-24-21-18-15-11-7-3)99-95-90-83-81-87-93(95)85-78-75-72-69-66-63-60-57-54-52-49-47-45-43-41-38-35-32-29-26-23-20-17-14-10-6-2/h79-83,86-87,89-91H,5-70,73,76-78,84-85,88H2,1-4H3. The number of allylic oxidation sites excluding steroid dienone is 2. The predicted molar refractivity (Wildman–Crippen MR) is 450 cm³/mol. The number of rotatable bonds is 75. The fourth-order valence-electron chi connectivity index (χ4n) is 14.6. The Balaban J connectivity index is 1.86. The predicted octanol–water partition coefficient (Wildman–Crippen LogP) is 34.0.